The Balaban J connectivity index is 1.44. The molecule has 0 spiro atoms. The van der Waals surface area contributed by atoms with Crippen LogP contribution in [0.4, 0.5) is 5.69 Å². The summed E-state index contributed by atoms with van der Waals surface area (Å²) in [6.45, 7) is 1.45. The number of carbonyl (C=O) groups excluding carboxylic acids is 2. The van der Waals surface area contributed by atoms with Crippen molar-refractivity contribution in [2.45, 2.75) is 26.2 Å². The summed E-state index contributed by atoms with van der Waals surface area (Å²) < 4.78 is 5.00. The molecule has 2 aromatic carbocycles. The maximum Gasteiger partial charge on any atom is 0.306 e. The smallest absolute Gasteiger partial charge is 0.306 e. The van der Waals surface area contributed by atoms with Crippen LogP contribution in [0.1, 0.15) is 24.2 Å². The number of fused-ring (bicyclic) bond motifs is 1. The summed E-state index contributed by atoms with van der Waals surface area (Å²) in [5.74, 6) is -0.405. The van der Waals surface area contributed by atoms with Crippen molar-refractivity contribution in [2.75, 3.05) is 11.9 Å². The molecule has 1 amide bonds. The van der Waals surface area contributed by atoms with Crippen molar-refractivity contribution in [1.29, 1.82) is 0 Å². The lowest BCUT2D eigenvalue weighted by Gasteiger charge is -2.09. The molecule has 3 rings (SSSR count). The van der Waals surface area contributed by atoms with E-state index in [2.05, 4.69) is 15.3 Å². The van der Waals surface area contributed by atoms with E-state index in [9.17, 15) is 14.4 Å². The molecule has 29 heavy (non-hydrogen) atoms. The highest BCUT2D eigenvalue weighted by atomic mass is 35.5. The Morgan fingerprint density at radius 1 is 1.21 bits per heavy atom. The molecular formula is C21H20ClN3O4. The van der Waals surface area contributed by atoms with Gasteiger partial charge < -0.3 is 15.0 Å². The van der Waals surface area contributed by atoms with Crippen LogP contribution in [-0.2, 0) is 20.7 Å². The number of aromatic amines is 1. The van der Waals surface area contributed by atoms with E-state index in [1.165, 1.54) is 0 Å². The van der Waals surface area contributed by atoms with Crippen molar-refractivity contribution in [3.8, 4) is 0 Å². The number of H-pyrrole nitrogens is 1. The Morgan fingerprint density at radius 2 is 2.00 bits per heavy atom. The van der Waals surface area contributed by atoms with Gasteiger partial charge in [-0.3, -0.25) is 14.4 Å². The van der Waals surface area contributed by atoms with Crippen LogP contribution < -0.4 is 10.9 Å². The van der Waals surface area contributed by atoms with Gasteiger partial charge in [0.25, 0.3) is 11.5 Å². The van der Waals surface area contributed by atoms with E-state index in [1.807, 2.05) is 13.0 Å². The standard InChI is InChI=1S/C21H20ClN3O4/c1-13-11-14(22)9-10-16(13)24-19(26)12-29-20(27)8-4-7-18-23-17-6-3-2-5-15(17)21(28)25-18/h2-3,5-6,9-11H,4,7-8,12H2,1H3,(H,24,26)(H,23,25,28). The average Bonchev–Trinajstić information content (AvgIpc) is 2.69. The van der Waals surface area contributed by atoms with Crippen molar-refractivity contribution in [1.82, 2.24) is 9.97 Å². The zero-order valence-electron chi connectivity index (χ0n) is 15.8. The molecule has 0 aliphatic rings. The fourth-order valence-corrected chi connectivity index (χ4v) is 3.05. The van der Waals surface area contributed by atoms with E-state index in [1.54, 1.807) is 36.4 Å². The highest BCUT2D eigenvalue weighted by Crippen LogP contribution is 2.19. The van der Waals surface area contributed by atoms with Gasteiger partial charge >= 0.3 is 5.97 Å². The van der Waals surface area contributed by atoms with Gasteiger partial charge in [-0.2, -0.15) is 0 Å². The molecule has 0 aliphatic heterocycles. The number of esters is 1. The number of hydrogen-bond acceptors (Lipinski definition) is 5. The first-order chi connectivity index (χ1) is 13.9. The molecule has 1 aromatic heterocycles. The zero-order chi connectivity index (χ0) is 20.8. The number of halogens is 1. The largest absolute Gasteiger partial charge is 0.456 e. The topological polar surface area (TPSA) is 101 Å². The molecule has 3 aromatic rings. The third-order valence-electron chi connectivity index (χ3n) is 4.28. The molecule has 0 unspecified atom stereocenters. The van der Waals surface area contributed by atoms with Gasteiger partial charge in [0.15, 0.2) is 6.61 Å². The van der Waals surface area contributed by atoms with Gasteiger partial charge in [-0.1, -0.05) is 23.7 Å². The lowest BCUT2D eigenvalue weighted by Crippen LogP contribution is -2.21. The lowest BCUT2D eigenvalue weighted by molar-refractivity contribution is -0.147. The molecular weight excluding hydrogens is 394 g/mol. The van der Waals surface area contributed by atoms with E-state index >= 15 is 0 Å². The summed E-state index contributed by atoms with van der Waals surface area (Å²) in [7, 11) is 0. The Morgan fingerprint density at radius 3 is 2.79 bits per heavy atom. The number of para-hydroxylation sites is 1. The second kappa shape index (κ2) is 9.34. The maximum atomic E-state index is 12.0. The first-order valence-electron chi connectivity index (χ1n) is 9.12. The number of benzene rings is 2. The number of anilines is 1. The molecule has 0 saturated carbocycles. The Bertz CT molecular complexity index is 1110. The lowest BCUT2D eigenvalue weighted by atomic mass is 10.2. The molecule has 7 nitrogen and oxygen atoms in total. The average molecular weight is 414 g/mol. The van der Waals surface area contributed by atoms with Crippen molar-refractivity contribution in [3.05, 3.63) is 69.2 Å². The third-order valence-corrected chi connectivity index (χ3v) is 4.52. The summed E-state index contributed by atoms with van der Waals surface area (Å²) in [5, 5.41) is 3.78. The van der Waals surface area contributed by atoms with Crippen molar-refractivity contribution < 1.29 is 14.3 Å². The number of nitrogens with one attached hydrogen (secondary N) is 2. The van der Waals surface area contributed by atoms with Crippen LogP contribution in [0, 0.1) is 6.92 Å². The van der Waals surface area contributed by atoms with Gasteiger partial charge in [-0.25, -0.2) is 4.98 Å². The number of amides is 1. The summed E-state index contributed by atoms with van der Waals surface area (Å²) in [5.41, 5.74) is 1.83. The van der Waals surface area contributed by atoms with Crippen LogP contribution in [0.3, 0.4) is 0 Å². The monoisotopic (exact) mass is 413 g/mol. The number of rotatable bonds is 7. The predicted molar refractivity (Wildman–Crippen MR) is 111 cm³/mol. The van der Waals surface area contributed by atoms with E-state index in [-0.39, 0.29) is 18.6 Å². The van der Waals surface area contributed by atoms with Crippen LogP contribution in [0.15, 0.2) is 47.3 Å². The van der Waals surface area contributed by atoms with Crippen molar-refractivity contribution >= 4 is 40.1 Å². The van der Waals surface area contributed by atoms with E-state index in [4.69, 9.17) is 16.3 Å². The highest BCUT2D eigenvalue weighted by Gasteiger charge is 2.10. The summed E-state index contributed by atoms with van der Waals surface area (Å²) in [6, 6.07) is 12.2. The minimum absolute atomic E-state index is 0.115. The molecule has 8 heteroatoms. The Labute approximate surface area is 172 Å². The number of carbonyl (C=O) groups is 2. The second-order valence-electron chi connectivity index (χ2n) is 6.55. The molecule has 150 valence electrons. The molecule has 0 bridgehead atoms. The van der Waals surface area contributed by atoms with Gasteiger partial charge in [0.05, 0.1) is 10.9 Å². The number of hydrogen-bond donors (Lipinski definition) is 2. The number of ether oxygens (including phenoxy) is 1. The highest BCUT2D eigenvalue weighted by molar-refractivity contribution is 6.30. The zero-order valence-corrected chi connectivity index (χ0v) is 16.6. The van der Waals surface area contributed by atoms with Gasteiger partial charge in [-0.05, 0) is 49.2 Å². The normalized spacial score (nSPS) is 10.7. The fraction of sp³-hybridized carbons (Fsp3) is 0.238. The summed E-state index contributed by atoms with van der Waals surface area (Å²) >= 11 is 5.88. The maximum absolute atomic E-state index is 12.0. The fourth-order valence-electron chi connectivity index (χ4n) is 2.83. The first kappa shape index (κ1) is 20.5. The van der Waals surface area contributed by atoms with Gasteiger partial charge in [0, 0.05) is 23.6 Å². The molecule has 0 aliphatic carbocycles. The minimum Gasteiger partial charge on any atom is -0.456 e. The molecule has 0 atom stereocenters. The molecule has 0 radical (unpaired) electrons. The van der Waals surface area contributed by atoms with Crippen LogP contribution in [0.5, 0.6) is 0 Å². The summed E-state index contributed by atoms with van der Waals surface area (Å²) in [6.07, 6.45) is 0.979. The van der Waals surface area contributed by atoms with Gasteiger partial charge in [-0.15, -0.1) is 0 Å². The van der Waals surface area contributed by atoms with E-state index in [0.717, 1.165) is 5.56 Å². The molecule has 2 N–H and O–H groups in total. The summed E-state index contributed by atoms with van der Waals surface area (Å²) in [4.78, 5) is 42.9. The molecule has 0 fully saturated rings. The number of aryl methyl sites for hydroxylation is 2. The first-order valence-corrected chi connectivity index (χ1v) is 9.50. The Kier molecular flexibility index (Phi) is 6.61. The molecule has 0 saturated heterocycles. The predicted octanol–water partition coefficient (Wildman–Crippen LogP) is 3.39. The third kappa shape index (κ3) is 5.65. The van der Waals surface area contributed by atoms with E-state index in [0.29, 0.717) is 40.3 Å². The Hall–Kier alpha value is -3.19. The van der Waals surface area contributed by atoms with Gasteiger partial charge in [0.1, 0.15) is 5.82 Å². The minimum atomic E-state index is -0.490. The van der Waals surface area contributed by atoms with Crippen molar-refractivity contribution in [3.63, 3.8) is 0 Å². The number of nitrogens with zero attached hydrogens (tertiary/aromatic N) is 1. The number of aromatic nitrogens is 2. The van der Waals surface area contributed by atoms with Crippen LogP contribution >= 0.6 is 11.6 Å². The quantitative estimate of drug-likeness (QED) is 0.578. The van der Waals surface area contributed by atoms with Crippen molar-refractivity contribution in [2.24, 2.45) is 0 Å². The van der Waals surface area contributed by atoms with Gasteiger partial charge in [0.2, 0.25) is 0 Å². The van der Waals surface area contributed by atoms with E-state index < -0.39 is 11.9 Å². The SMILES string of the molecule is Cc1cc(Cl)ccc1NC(=O)COC(=O)CCCc1nc2ccccc2c(=O)[nH]1. The van der Waals surface area contributed by atoms with Crippen LogP contribution in [0.25, 0.3) is 10.9 Å². The van der Waals surface area contributed by atoms with Crippen LogP contribution in [0.2, 0.25) is 5.02 Å². The molecule has 1 heterocycles. The van der Waals surface area contributed by atoms with Crippen LogP contribution in [-0.4, -0.2) is 28.5 Å². The second-order valence-corrected chi connectivity index (χ2v) is 6.99.